The van der Waals surface area contributed by atoms with E-state index in [4.69, 9.17) is 0 Å². The largest absolute Gasteiger partial charge is 0.325 e. The molecule has 0 saturated carbocycles. The highest BCUT2D eigenvalue weighted by atomic mass is 32.2. The third-order valence-corrected chi connectivity index (χ3v) is 7.46. The zero-order chi connectivity index (χ0) is 22.3. The van der Waals surface area contributed by atoms with Crippen molar-refractivity contribution in [2.45, 2.75) is 18.4 Å². The first-order chi connectivity index (χ1) is 15.4. The van der Waals surface area contributed by atoms with Crippen LogP contribution in [0.5, 0.6) is 0 Å². The van der Waals surface area contributed by atoms with Gasteiger partial charge in [0.25, 0.3) is 0 Å². The Morgan fingerprint density at radius 2 is 1.69 bits per heavy atom. The maximum Gasteiger partial charge on any atom is 0.250 e. The normalized spacial score (nSPS) is 14.6. The lowest BCUT2D eigenvalue weighted by molar-refractivity contribution is -0.568. The van der Waals surface area contributed by atoms with Crippen LogP contribution >= 0.6 is 0 Å². The first kappa shape index (κ1) is 20.4. The van der Waals surface area contributed by atoms with E-state index in [1.165, 1.54) is 4.31 Å². The molecule has 0 saturated heterocycles. The molecule has 1 amide bonds. The summed E-state index contributed by atoms with van der Waals surface area (Å²) in [6.07, 6.45) is 1.86. The van der Waals surface area contributed by atoms with Gasteiger partial charge < -0.3 is 5.32 Å². The van der Waals surface area contributed by atoms with Crippen LogP contribution in [0.2, 0.25) is 0 Å². The van der Waals surface area contributed by atoms with Gasteiger partial charge in [-0.05, 0) is 42.3 Å². The Bertz CT molecular complexity index is 1460. The first-order valence-electron chi connectivity index (χ1n) is 10.3. The third-order valence-electron chi connectivity index (χ3n) is 5.64. The van der Waals surface area contributed by atoms with Crippen molar-refractivity contribution >= 4 is 32.5 Å². The van der Waals surface area contributed by atoms with E-state index < -0.39 is 10.0 Å². The summed E-state index contributed by atoms with van der Waals surface area (Å²) in [6, 6.07) is 24.2. The van der Waals surface area contributed by atoms with Gasteiger partial charge in [-0.1, -0.05) is 36.4 Å². The van der Waals surface area contributed by atoms with Gasteiger partial charge >= 0.3 is 0 Å². The van der Waals surface area contributed by atoms with E-state index in [9.17, 15) is 13.2 Å². The van der Waals surface area contributed by atoms with E-state index >= 15 is 0 Å². The van der Waals surface area contributed by atoms with E-state index in [1.807, 2.05) is 78.4 Å². The van der Waals surface area contributed by atoms with Gasteiger partial charge in [0.05, 0.1) is 6.54 Å². The summed E-state index contributed by atoms with van der Waals surface area (Å²) in [4.78, 5) is 12.7. The van der Waals surface area contributed by atoms with Crippen LogP contribution in [0, 0.1) is 6.92 Å². The van der Waals surface area contributed by atoms with Gasteiger partial charge in [0.2, 0.25) is 27.1 Å². The minimum atomic E-state index is -3.98. The molecule has 0 radical (unpaired) electrons. The summed E-state index contributed by atoms with van der Waals surface area (Å²) in [6.45, 7) is 1.87. The van der Waals surface area contributed by atoms with Crippen molar-refractivity contribution in [3.8, 4) is 5.69 Å². The number of pyridine rings is 1. The quantitative estimate of drug-likeness (QED) is 0.491. The number of amides is 1. The number of carbonyl (C=O) groups is 1. The van der Waals surface area contributed by atoms with Gasteiger partial charge in [-0.25, -0.2) is 8.42 Å². The Morgan fingerprint density at radius 1 is 0.906 bits per heavy atom. The molecule has 4 aromatic rings. The third kappa shape index (κ3) is 3.55. The predicted molar refractivity (Wildman–Crippen MR) is 123 cm³/mol. The average Bonchev–Trinajstić information content (AvgIpc) is 2.96. The Kier molecular flexibility index (Phi) is 5.00. The fourth-order valence-electron chi connectivity index (χ4n) is 4.13. The Hall–Kier alpha value is -3.55. The highest BCUT2D eigenvalue weighted by Gasteiger charge is 2.34. The van der Waals surface area contributed by atoms with Crippen molar-refractivity contribution in [2.75, 3.05) is 11.9 Å². The van der Waals surface area contributed by atoms with Crippen LogP contribution in [0.25, 0.3) is 16.6 Å². The van der Waals surface area contributed by atoms with E-state index in [1.54, 1.807) is 18.2 Å². The van der Waals surface area contributed by atoms with Crippen LogP contribution in [0.3, 0.4) is 0 Å². The molecule has 1 aliphatic heterocycles. The second-order valence-electron chi connectivity index (χ2n) is 7.89. The topological polar surface area (TPSA) is 70.4 Å². The van der Waals surface area contributed by atoms with Crippen molar-refractivity contribution in [1.29, 1.82) is 0 Å². The van der Waals surface area contributed by atoms with Crippen LogP contribution in [-0.4, -0.2) is 25.2 Å². The molecule has 0 fully saturated rings. The highest BCUT2D eigenvalue weighted by molar-refractivity contribution is 7.89. The number of hydrogen-bond donors (Lipinski definition) is 1. The standard InChI is InChI=1S/C25H21N3O3S/c1-18-7-4-11-21(15-18)28-14-6-10-19-9-5-13-23(25(19)28)32(30,31)27-16-20-8-2-3-12-22(20)26-24(29)17-27/h2-15H,16-17H2,1H3/p+1. The number of fused-ring (bicyclic) bond motifs is 2. The molecule has 6 nitrogen and oxygen atoms in total. The minimum Gasteiger partial charge on any atom is -0.325 e. The predicted octanol–water partition coefficient (Wildman–Crippen LogP) is 3.57. The molecule has 160 valence electrons. The summed E-state index contributed by atoms with van der Waals surface area (Å²) < 4.78 is 30.9. The van der Waals surface area contributed by atoms with Crippen molar-refractivity contribution in [1.82, 2.24) is 4.31 Å². The van der Waals surface area contributed by atoms with Crippen molar-refractivity contribution in [3.05, 3.63) is 96.2 Å². The second kappa shape index (κ2) is 7.85. The molecule has 2 heterocycles. The molecule has 3 aromatic carbocycles. The van der Waals surface area contributed by atoms with Crippen LogP contribution in [0.4, 0.5) is 5.69 Å². The SMILES string of the molecule is Cc1cccc(-[n+]2cccc3cccc(S(=O)(=O)N4CC(=O)Nc5ccccc5C4)c32)c1. The molecule has 0 aliphatic carbocycles. The molecule has 1 aromatic heterocycles. The fourth-order valence-corrected chi connectivity index (χ4v) is 5.71. The van der Waals surface area contributed by atoms with E-state index in [0.717, 1.165) is 22.2 Å². The lowest BCUT2D eigenvalue weighted by Gasteiger charge is -2.19. The zero-order valence-corrected chi connectivity index (χ0v) is 18.3. The number of para-hydroxylation sites is 2. The van der Waals surface area contributed by atoms with Gasteiger partial charge in [-0.2, -0.15) is 8.87 Å². The van der Waals surface area contributed by atoms with Gasteiger partial charge in [-0.3, -0.25) is 4.79 Å². The number of rotatable bonds is 3. The van der Waals surface area contributed by atoms with Crippen LogP contribution < -0.4 is 9.88 Å². The smallest absolute Gasteiger partial charge is 0.250 e. The van der Waals surface area contributed by atoms with Crippen molar-refractivity contribution in [3.63, 3.8) is 0 Å². The summed E-state index contributed by atoms with van der Waals surface area (Å²) in [5, 5.41) is 3.61. The molecule has 7 heteroatoms. The van der Waals surface area contributed by atoms with Gasteiger partial charge in [0, 0.05) is 35.8 Å². The summed E-state index contributed by atoms with van der Waals surface area (Å²) in [5.41, 5.74) is 3.93. The molecule has 0 spiro atoms. The minimum absolute atomic E-state index is 0.116. The van der Waals surface area contributed by atoms with Crippen molar-refractivity contribution < 1.29 is 17.8 Å². The molecule has 0 bridgehead atoms. The lowest BCUT2D eigenvalue weighted by Crippen LogP contribution is -2.38. The maximum absolute atomic E-state index is 13.9. The highest BCUT2D eigenvalue weighted by Crippen LogP contribution is 2.28. The number of benzene rings is 3. The van der Waals surface area contributed by atoms with Crippen LogP contribution in [0.1, 0.15) is 11.1 Å². The molecular formula is C25H22N3O3S+. The maximum atomic E-state index is 13.9. The number of anilines is 1. The number of nitrogens with zero attached hydrogens (tertiary/aromatic N) is 2. The number of sulfonamides is 1. The molecule has 5 rings (SSSR count). The number of aromatic nitrogens is 1. The summed E-state index contributed by atoms with van der Waals surface area (Å²) in [7, 11) is -3.98. The first-order valence-corrected chi connectivity index (χ1v) is 11.8. The van der Waals surface area contributed by atoms with E-state index in [0.29, 0.717) is 11.2 Å². The molecule has 32 heavy (non-hydrogen) atoms. The fraction of sp³-hybridized carbons (Fsp3) is 0.120. The Balaban J connectivity index is 1.70. The monoisotopic (exact) mass is 444 g/mol. The van der Waals surface area contributed by atoms with Crippen LogP contribution in [-0.2, 0) is 21.4 Å². The molecular weight excluding hydrogens is 422 g/mol. The lowest BCUT2D eigenvalue weighted by atomic mass is 10.2. The summed E-state index contributed by atoms with van der Waals surface area (Å²) >= 11 is 0. The molecule has 1 aliphatic rings. The number of nitrogens with one attached hydrogen (secondary N) is 1. The van der Waals surface area contributed by atoms with Crippen LogP contribution in [0.15, 0.2) is 90.0 Å². The van der Waals surface area contributed by atoms with Crippen molar-refractivity contribution in [2.24, 2.45) is 0 Å². The van der Waals surface area contributed by atoms with E-state index in [-0.39, 0.29) is 23.9 Å². The molecule has 1 N–H and O–H groups in total. The number of hydrogen-bond acceptors (Lipinski definition) is 3. The molecule has 0 unspecified atom stereocenters. The number of aryl methyl sites for hydroxylation is 1. The number of carbonyl (C=O) groups excluding carboxylic acids is 1. The van der Waals surface area contributed by atoms with E-state index in [2.05, 4.69) is 5.32 Å². The summed E-state index contributed by atoms with van der Waals surface area (Å²) in [5.74, 6) is -0.356. The van der Waals surface area contributed by atoms with Gasteiger partial charge in [0.15, 0.2) is 11.1 Å². The second-order valence-corrected chi connectivity index (χ2v) is 9.80. The average molecular weight is 445 g/mol. The Morgan fingerprint density at radius 3 is 2.53 bits per heavy atom. The Labute approximate surface area is 186 Å². The van der Waals surface area contributed by atoms with Gasteiger partial charge in [-0.15, -0.1) is 0 Å². The van der Waals surface area contributed by atoms with Gasteiger partial charge in [0.1, 0.15) is 0 Å². The zero-order valence-electron chi connectivity index (χ0n) is 17.5. The molecule has 0 atom stereocenters.